The first-order chi connectivity index (χ1) is 15.8. The Balaban J connectivity index is 1.41. The van der Waals surface area contributed by atoms with Gasteiger partial charge in [0, 0.05) is 24.6 Å². The van der Waals surface area contributed by atoms with Gasteiger partial charge in [0.25, 0.3) is 5.91 Å². The molecule has 0 aliphatic carbocycles. The number of fused-ring (bicyclic) bond motifs is 3. The van der Waals surface area contributed by atoms with E-state index in [9.17, 15) is 14.4 Å². The largest absolute Gasteiger partial charge is 0.457 e. The van der Waals surface area contributed by atoms with Gasteiger partial charge in [-0.2, -0.15) is 0 Å². The normalized spacial score (nSPS) is 21.6. The van der Waals surface area contributed by atoms with E-state index < -0.39 is 36.6 Å². The third-order valence-electron chi connectivity index (χ3n) is 5.78. The van der Waals surface area contributed by atoms with E-state index in [0.29, 0.717) is 11.7 Å². The van der Waals surface area contributed by atoms with E-state index in [1.54, 1.807) is 11.9 Å². The molecule has 2 N–H and O–H groups in total. The van der Waals surface area contributed by atoms with E-state index in [-0.39, 0.29) is 0 Å². The minimum Gasteiger partial charge on any atom is -0.457 e. The molecule has 0 radical (unpaired) electrons. The first-order valence-corrected chi connectivity index (χ1v) is 10.4. The Hall–Kier alpha value is -4.34. The Morgan fingerprint density at radius 1 is 1.06 bits per heavy atom. The molecule has 3 aliphatic rings. The molecule has 168 valence electrons. The molecule has 10 heteroatoms. The van der Waals surface area contributed by atoms with Crippen LogP contribution in [-0.2, 0) is 9.59 Å². The second-order valence-corrected chi connectivity index (χ2v) is 7.99. The number of carbonyl (C=O) groups excluding carboxylic acids is 3. The van der Waals surface area contributed by atoms with Crippen LogP contribution in [0.4, 0.5) is 10.5 Å². The SMILES string of the molecule is CC1=CN2C(=NC3C2C(=O)N(CC(N)=O)C(=O)N3C)N1c1ccc(Oc2ccccc2)cc1. The molecule has 0 aromatic heterocycles. The standard InChI is InChI=1S/C23H22N6O4/c1-14-12-27-19-20(26(2)23(32)28(21(19)31)13-18(24)30)25-22(27)29(14)15-8-10-17(11-9-15)33-16-6-4-3-5-7-16/h3-12,19-20H,13H2,1-2H3,(H2,24,30). The Morgan fingerprint density at radius 2 is 1.73 bits per heavy atom. The molecule has 2 aromatic carbocycles. The van der Waals surface area contributed by atoms with Gasteiger partial charge in [0.05, 0.1) is 0 Å². The Kier molecular flexibility index (Phi) is 4.77. The van der Waals surface area contributed by atoms with Crippen molar-refractivity contribution in [1.29, 1.82) is 0 Å². The van der Waals surface area contributed by atoms with E-state index in [1.165, 1.54) is 4.90 Å². The second kappa shape index (κ2) is 7.66. The maximum absolute atomic E-state index is 13.1. The predicted octanol–water partition coefficient (Wildman–Crippen LogP) is 1.91. The fourth-order valence-corrected chi connectivity index (χ4v) is 4.26. The highest BCUT2D eigenvalue weighted by atomic mass is 16.5. The van der Waals surface area contributed by atoms with Crippen LogP contribution >= 0.6 is 0 Å². The highest BCUT2D eigenvalue weighted by molar-refractivity contribution is 6.10. The summed E-state index contributed by atoms with van der Waals surface area (Å²) in [5.41, 5.74) is 6.93. The van der Waals surface area contributed by atoms with Crippen LogP contribution in [-0.4, -0.2) is 64.3 Å². The van der Waals surface area contributed by atoms with Gasteiger partial charge >= 0.3 is 6.03 Å². The van der Waals surface area contributed by atoms with Crippen molar-refractivity contribution in [1.82, 2.24) is 14.7 Å². The Labute approximate surface area is 190 Å². The number of nitrogens with two attached hydrogens (primary N) is 1. The summed E-state index contributed by atoms with van der Waals surface area (Å²) in [5.74, 6) is 0.707. The van der Waals surface area contributed by atoms with Crippen molar-refractivity contribution >= 4 is 29.5 Å². The van der Waals surface area contributed by atoms with Crippen molar-refractivity contribution in [3.05, 3.63) is 66.5 Å². The molecule has 2 unspecified atom stereocenters. The number of anilines is 1. The number of benzene rings is 2. The molecule has 1 fully saturated rings. The molecular formula is C23H22N6O4. The van der Waals surface area contributed by atoms with Gasteiger partial charge in [0.1, 0.15) is 18.0 Å². The fraction of sp³-hybridized carbons (Fsp3) is 0.217. The van der Waals surface area contributed by atoms with Crippen LogP contribution in [0.25, 0.3) is 0 Å². The number of urea groups is 1. The first kappa shape index (κ1) is 20.6. The quantitative estimate of drug-likeness (QED) is 0.751. The number of rotatable bonds is 5. The summed E-state index contributed by atoms with van der Waals surface area (Å²) in [6.07, 6.45) is 1.12. The van der Waals surface area contributed by atoms with Gasteiger partial charge in [-0.15, -0.1) is 0 Å². The van der Waals surface area contributed by atoms with Gasteiger partial charge in [0.15, 0.2) is 12.2 Å². The van der Waals surface area contributed by atoms with Crippen LogP contribution < -0.4 is 15.4 Å². The molecule has 0 saturated carbocycles. The van der Waals surface area contributed by atoms with Crippen LogP contribution in [0.5, 0.6) is 11.5 Å². The molecule has 2 aromatic rings. The van der Waals surface area contributed by atoms with E-state index in [2.05, 4.69) is 0 Å². The Morgan fingerprint density at radius 3 is 2.39 bits per heavy atom. The number of aliphatic imine (C=N–C) groups is 1. The summed E-state index contributed by atoms with van der Waals surface area (Å²) >= 11 is 0. The lowest BCUT2D eigenvalue weighted by atomic mass is 10.1. The third kappa shape index (κ3) is 3.36. The zero-order valence-electron chi connectivity index (χ0n) is 18.1. The summed E-state index contributed by atoms with van der Waals surface area (Å²) in [6.45, 7) is 1.44. The van der Waals surface area contributed by atoms with Crippen LogP contribution in [0, 0.1) is 0 Å². The number of amides is 4. The molecular weight excluding hydrogens is 424 g/mol. The number of nitrogens with zero attached hydrogens (tertiary/aromatic N) is 5. The maximum atomic E-state index is 13.1. The van der Waals surface area contributed by atoms with Crippen molar-refractivity contribution in [3.8, 4) is 11.5 Å². The van der Waals surface area contributed by atoms with Gasteiger partial charge in [-0.1, -0.05) is 18.2 Å². The number of likely N-dealkylation sites (N-methyl/N-ethyl adjacent to an activating group) is 1. The van der Waals surface area contributed by atoms with Gasteiger partial charge < -0.3 is 20.3 Å². The number of ether oxygens (including phenoxy) is 1. The molecule has 0 spiro atoms. The van der Waals surface area contributed by atoms with Gasteiger partial charge in [-0.25, -0.2) is 9.79 Å². The molecule has 3 heterocycles. The summed E-state index contributed by atoms with van der Waals surface area (Å²) in [5, 5.41) is 0. The number of hydrogen-bond acceptors (Lipinski definition) is 7. The van der Waals surface area contributed by atoms with Crippen molar-refractivity contribution in [2.75, 3.05) is 18.5 Å². The lowest BCUT2D eigenvalue weighted by molar-refractivity contribution is -0.139. The van der Waals surface area contributed by atoms with E-state index in [1.807, 2.05) is 72.6 Å². The van der Waals surface area contributed by atoms with Crippen molar-refractivity contribution in [2.24, 2.45) is 10.7 Å². The minimum atomic E-state index is -0.761. The first-order valence-electron chi connectivity index (χ1n) is 10.4. The molecule has 4 amide bonds. The van der Waals surface area contributed by atoms with Gasteiger partial charge in [-0.3, -0.25) is 19.4 Å². The van der Waals surface area contributed by atoms with E-state index >= 15 is 0 Å². The number of para-hydroxylation sites is 1. The van der Waals surface area contributed by atoms with Gasteiger partial charge in [0.2, 0.25) is 11.9 Å². The predicted molar refractivity (Wildman–Crippen MR) is 120 cm³/mol. The number of imide groups is 1. The van der Waals surface area contributed by atoms with Crippen LogP contribution in [0.15, 0.2) is 71.5 Å². The summed E-state index contributed by atoms with van der Waals surface area (Å²) in [4.78, 5) is 47.7. The monoisotopic (exact) mass is 446 g/mol. The van der Waals surface area contributed by atoms with Gasteiger partial charge in [-0.05, 0) is 43.3 Å². The molecule has 0 bridgehead atoms. The highest BCUT2D eigenvalue weighted by Crippen LogP contribution is 2.37. The van der Waals surface area contributed by atoms with Crippen LogP contribution in [0.3, 0.4) is 0 Å². The number of carbonyl (C=O) groups is 3. The van der Waals surface area contributed by atoms with Crippen molar-refractivity contribution in [3.63, 3.8) is 0 Å². The number of guanidine groups is 1. The average molecular weight is 446 g/mol. The number of allylic oxidation sites excluding steroid dienone is 1. The average Bonchev–Trinajstić information content (AvgIpc) is 3.31. The fourth-order valence-electron chi connectivity index (χ4n) is 4.26. The van der Waals surface area contributed by atoms with Crippen molar-refractivity contribution in [2.45, 2.75) is 19.1 Å². The molecule has 3 aliphatic heterocycles. The maximum Gasteiger partial charge on any atom is 0.328 e. The molecule has 33 heavy (non-hydrogen) atoms. The highest BCUT2D eigenvalue weighted by Gasteiger charge is 2.54. The minimum absolute atomic E-state index is 0.469. The second-order valence-electron chi connectivity index (χ2n) is 7.99. The lowest BCUT2D eigenvalue weighted by Gasteiger charge is -2.39. The van der Waals surface area contributed by atoms with E-state index in [0.717, 1.165) is 22.0 Å². The summed E-state index contributed by atoms with van der Waals surface area (Å²) < 4.78 is 5.86. The Bertz CT molecular complexity index is 1190. The lowest BCUT2D eigenvalue weighted by Crippen LogP contribution is -2.65. The molecule has 2 atom stereocenters. The van der Waals surface area contributed by atoms with Crippen LogP contribution in [0.1, 0.15) is 6.92 Å². The van der Waals surface area contributed by atoms with Crippen molar-refractivity contribution < 1.29 is 19.1 Å². The zero-order valence-corrected chi connectivity index (χ0v) is 18.1. The summed E-state index contributed by atoms with van der Waals surface area (Å²) in [7, 11) is 1.56. The molecule has 10 nitrogen and oxygen atoms in total. The smallest absolute Gasteiger partial charge is 0.328 e. The summed E-state index contributed by atoms with van der Waals surface area (Å²) in [6, 6.07) is 15.7. The number of hydrogen-bond donors (Lipinski definition) is 1. The number of primary amides is 1. The van der Waals surface area contributed by atoms with E-state index in [4.69, 9.17) is 15.5 Å². The zero-order chi connectivity index (χ0) is 23.3. The molecule has 5 rings (SSSR count). The topological polar surface area (TPSA) is 112 Å². The van der Waals surface area contributed by atoms with Crippen LogP contribution in [0.2, 0.25) is 0 Å². The third-order valence-corrected chi connectivity index (χ3v) is 5.78. The molecule has 1 saturated heterocycles.